The second-order valence-corrected chi connectivity index (χ2v) is 13.3. The topological polar surface area (TPSA) is 95.9 Å². The average molecular weight is 568 g/mol. The molecule has 3 fully saturated rings. The van der Waals surface area contributed by atoms with Gasteiger partial charge in [0.15, 0.2) is 15.5 Å². The number of anilines is 1. The van der Waals surface area contributed by atoms with E-state index in [9.17, 15) is 26.4 Å². The number of rotatable bonds is 5. The Morgan fingerprint density at radius 3 is 2.18 bits per heavy atom. The fourth-order valence-corrected chi connectivity index (χ4v) is 6.70. The fourth-order valence-electron chi connectivity index (χ4n) is 6.07. The second kappa shape index (κ2) is 9.92. The number of carbonyl (C=O) groups is 1. The van der Waals surface area contributed by atoms with E-state index >= 15 is 0 Å². The number of carbonyl (C=O) groups excluding carboxylic acids is 1. The van der Waals surface area contributed by atoms with Crippen LogP contribution in [0, 0.1) is 5.41 Å². The summed E-state index contributed by atoms with van der Waals surface area (Å²) < 4.78 is 67.5. The highest BCUT2D eigenvalue weighted by Gasteiger charge is 2.54. The molecule has 2 aliphatic heterocycles. The van der Waals surface area contributed by atoms with Crippen LogP contribution in [0.25, 0.3) is 0 Å². The largest absolute Gasteiger partial charge is 0.446 e. The number of piperazine rings is 1. The molecule has 2 atom stereocenters. The lowest BCUT2D eigenvalue weighted by Gasteiger charge is -2.58. The van der Waals surface area contributed by atoms with E-state index in [1.807, 2.05) is 30.9 Å². The van der Waals surface area contributed by atoms with Crippen LogP contribution >= 0.6 is 0 Å². The number of alkyl halides is 3. The van der Waals surface area contributed by atoms with Crippen molar-refractivity contribution in [2.45, 2.75) is 62.5 Å². The zero-order valence-corrected chi connectivity index (χ0v) is 22.9. The number of likely N-dealkylation sites (tertiary alicyclic amines) is 1. The van der Waals surface area contributed by atoms with Crippen molar-refractivity contribution in [3.05, 3.63) is 47.9 Å². The van der Waals surface area contributed by atoms with Gasteiger partial charge < -0.3 is 9.64 Å². The number of hydrogen-bond donors (Lipinski definition) is 0. The first kappa shape index (κ1) is 27.6. The van der Waals surface area contributed by atoms with Crippen molar-refractivity contribution >= 4 is 21.7 Å². The summed E-state index contributed by atoms with van der Waals surface area (Å²) in [6.45, 7) is 7.16. The van der Waals surface area contributed by atoms with Crippen LogP contribution in [0.1, 0.15) is 37.9 Å². The van der Waals surface area contributed by atoms with Crippen molar-refractivity contribution in [2.75, 3.05) is 37.3 Å². The molecule has 9 nitrogen and oxygen atoms in total. The molecule has 1 aliphatic carbocycles. The third kappa shape index (κ3) is 5.84. The number of aromatic nitrogens is 2. The molecule has 3 aliphatic rings. The van der Waals surface area contributed by atoms with Crippen molar-refractivity contribution in [1.82, 2.24) is 19.8 Å². The Bertz CT molecular complexity index is 1290. The summed E-state index contributed by atoms with van der Waals surface area (Å²) in [4.78, 5) is 26.6. The van der Waals surface area contributed by atoms with Gasteiger partial charge in [-0.2, -0.15) is 13.2 Å². The third-order valence-corrected chi connectivity index (χ3v) is 8.98. The normalized spacial score (nSPS) is 23.8. The van der Waals surface area contributed by atoms with Gasteiger partial charge in [0.1, 0.15) is 11.9 Å². The van der Waals surface area contributed by atoms with E-state index in [4.69, 9.17) is 4.74 Å². The first-order valence-corrected chi connectivity index (χ1v) is 14.8. The number of ether oxygens (including phenoxy) is 1. The van der Waals surface area contributed by atoms with Crippen LogP contribution in [0.3, 0.4) is 0 Å². The van der Waals surface area contributed by atoms with E-state index in [0.717, 1.165) is 50.4 Å². The molecule has 2 aromatic rings. The molecule has 1 amide bonds. The molecule has 0 bridgehead atoms. The highest BCUT2D eigenvalue weighted by molar-refractivity contribution is 7.90. The SMILES string of the molecule is C[C@@H]1CN(c2cnc(C(F)(F)F)cn2)C[C@H](C)N1C(=O)OC1CC2(C1)CN(Cc1ccc(S(C)(=O)=O)cc1)C2. The van der Waals surface area contributed by atoms with Gasteiger partial charge in [-0.15, -0.1) is 0 Å². The Labute approximate surface area is 225 Å². The zero-order chi connectivity index (χ0) is 28.2. The predicted molar refractivity (Wildman–Crippen MR) is 137 cm³/mol. The summed E-state index contributed by atoms with van der Waals surface area (Å²) in [5.74, 6) is 0.344. The highest BCUT2D eigenvalue weighted by atomic mass is 32.2. The molecule has 1 saturated carbocycles. The smallest absolute Gasteiger partial charge is 0.434 e. The van der Waals surface area contributed by atoms with Gasteiger partial charge in [-0.3, -0.25) is 9.80 Å². The standard InChI is InChI=1S/C26H32F3N5O4S/c1-17-12-33(23-11-30-22(10-31-23)26(27,28)29)13-18(2)34(17)24(35)38-20-8-25(9-20)15-32(16-25)14-19-4-6-21(7-5-19)39(3,36)37/h4-7,10-11,17-18,20H,8-9,12-16H2,1-3H3/t17-,18+. The van der Waals surface area contributed by atoms with Gasteiger partial charge in [0.05, 0.1) is 29.4 Å². The van der Waals surface area contributed by atoms with Crippen molar-refractivity contribution in [3.8, 4) is 0 Å². The van der Waals surface area contributed by atoms with E-state index in [2.05, 4.69) is 14.9 Å². The second-order valence-electron chi connectivity index (χ2n) is 11.2. The summed E-state index contributed by atoms with van der Waals surface area (Å²) in [5, 5.41) is 0. The number of hydrogen-bond acceptors (Lipinski definition) is 8. The van der Waals surface area contributed by atoms with Gasteiger partial charge in [0.25, 0.3) is 0 Å². The van der Waals surface area contributed by atoms with E-state index in [-0.39, 0.29) is 29.7 Å². The number of amides is 1. The minimum Gasteiger partial charge on any atom is -0.446 e. The Hall–Kier alpha value is -2.93. The lowest BCUT2D eigenvalue weighted by Crippen LogP contribution is -2.65. The molecule has 0 radical (unpaired) electrons. The summed E-state index contributed by atoms with van der Waals surface area (Å²) in [7, 11) is -3.21. The van der Waals surface area contributed by atoms with Crippen LogP contribution in [-0.4, -0.2) is 84.9 Å². The van der Waals surface area contributed by atoms with Crippen molar-refractivity contribution in [3.63, 3.8) is 0 Å². The Balaban J connectivity index is 1.07. The molecular weight excluding hydrogens is 535 g/mol. The van der Waals surface area contributed by atoms with Crippen LogP contribution in [0.2, 0.25) is 0 Å². The molecule has 1 aromatic heterocycles. The molecule has 0 N–H and O–H groups in total. The number of halogens is 3. The number of benzene rings is 1. The van der Waals surface area contributed by atoms with Gasteiger partial charge in [-0.1, -0.05) is 12.1 Å². The number of nitrogens with zero attached hydrogens (tertiary/aromatic N) is 5. The Morgan fingerprint density at radius 1 is 1.05 bits per heavy atom. The molecule has 212 valence electrons. The molecule has 13 heteroatoms. The zero-order valence-electron chi connectivity index (χ0n) is 22.1. The number of sulfone groups is 1. The monoisotopic (exact) mass is 567 g/mol. The Morgan fingerprint density at radius 2 is 1.67 bits per heavy atom. The highest BCUT2D eigenvalue weighted by Crippen LogP contribution is 2.50. The molecule has 1 aromatic carbocycles. The van der Waals surface area contributed by atoms with Gasteiger partial charge in [-0.05, 0) is 44.4 Å². The van der Waals surface area contributed by atoms with Gasteiger partial charge >= 0.3 is 12.3 Å². The van der Waals surface area contributed by atoms with Crippen LogP contribution in [0.15, 0.2) is 41.6 Å². The lowest BCUT2D eigenvalue weighted by atomic mass is 9.61. The van der Waals surface area contributed by atoms with Crippen molar-refractivity contribution < 1.29 is 31.1 Å². The average Bonchev–Trinajstić information content (AvgIpc) is 2.80. The van der Waals surface area contributed by atoms with Crippen LogP contribution in [0.5, 0.6) is 0 Å². The maximum absolute atomic E-state index is 13.0. The van der Waals surface area contributed by atoms with Gasteiger partial charge in [0.2, 0.25) is 0 Å². The first-order valence-electron chi connectivity index (χ1n) is 12.9. The van der Waals surface area contributed by atoms with Crippen LogP contribution in [-0.2, 0) is 27.3 Å². The van der Waals surface area contributed by atoms with E-state index in [1.54, 1.807) is 17.0 Å². The maximum atomic E-state index is 13.0. The Kier molecular flexibility index (Phi) is 7.03. The maximum Gasteiger partial charge on any atom is 0.434 e. The molecule has 0 unspecified atom stereocenters. The minimum absolute atomic E-state index is 0.132. The van der Waals surface area contributed by atoms with Crippen molar-refractivity contribution in [2.24, 2.45) is 5.41 Å². The minimum atomic E-state index is -4.54. The summed E-state index contributed by atoms with van der Waals surface area (Å²) in [5.41, 5.74) is 0.184. The predicted octanol–water partition coefficient (Wildman–Crippen LogP) is 3.60. The first-order chi connectivity index (χ1) is 18.2. The van der Waals surface area contributed by atoms with Crippen LogP contribution < -0.4 is 4.90 Å². The van der Waals surface area contributed by atoms with Crippen molar-refractivity contribution in [1.29, 1.82) is 0 Å². The molecular formula is C26H32F3N5O4S. The van der Waals surface area contributed by atoms with Crippen LogP contribution in [0.4, 0.5) is 23.8 Å². The quantitative estimate of drug-likeness (QED) is 0.541. The lowest BCUT2D eigenvalue weighted by molar-refractivity contribution is -0.141. The molecule has 39 heavy (non-hydrogen) atoms. The molecule has 2 saturated heterocycles. The summed E-state index contributed by atoms with van der Waals surface area (Å²) >= 11 is 0. The summed E-state index contributed by atoms with van der Waals surface area (Å²) in [6, 6.07) is 6.54. The van der Waals surface area contributed by atoms with E-state index in [0.29, 0.717) is 23.8 Å². The van der Waals surface area contributed by atoms with E-state index < -0.39 is 21.7 Å². The third-order valence-electron chi connectivity index (χ3n) is 7.85. The van der Waals surface area contributed by atoms with Gasteiger partial charge in [-0.25, -0.2) is 23.2 Å². The fraction of sp³-hybridized carbons (Fsp3) is 0.577. The van der Waals surface area contributed by atoms with Gasteiger partial charge in [0, 0.05) is 44.4 Å². The molecule has 1 spiro atoms. The molecule has 5 rings (SSSR count). The molecule has 3 heterocycles. The summed E-state index contributed by atoms with van der Waals surface area (Å²) in [6.07, 6.45) is -0.369. The van der Waals surface area contributed by atoms with E-state index in [1.165, 1.54) is 6.26 Å².